The summed E-state index contributed by atoms with van der Waals surface area (Å²) < 4.78 is 0. The van der Waals surface area contributed by atoms with E-state index in [1.807, 2.05) is 0 Å². The first-order valence-electron chi connectivity index (χ1n) is 7.47. The molecule has 17 heavy (non-hydrogen) atoms. The van der Waals surface area contributed by atoms with Gasteiger partial charge in [0.15, 0.2) is 0 Å². The highest BCUT2D eigenvalue weighted by atomic mass is 79.9. The van der Waals surface area contributed by atoms with Gasteiger partial charge in [-0.05, 0) is 38.1 Å². The molecule has 1 aliphatic rings. The monoisotopic (exact) mass is 303 g/mol. The molecule has 102 valence electrons. The lowest BCUT2D eigenvalue weighted by Gasteiger charge is -2.39. The van der Waals surface area contributed by atoms with Crippen LogP contribution in [-0.2, 0) is 0 Å². The van der Waals surface area contributed by atoms with Gasteiger partial charge in [0.1, 0.15) is 0 Å². The third-order valence-electron chi connectivity index (χ3n) is 4.61. The maximum Gasteiger partial charge on any atom is 0.0100 e. The number of alkyl halides is 1. The van der Waals surface area contributed by atoms with E-state index in [1.165, 1.54) is 63.4 Å². The summed E-state index contributed by atoms with van der Waals surface area (Å²) in [6.45, 7) is 9.49. The van der Waals surface area contributed by atoms with Crippen LogP contribution in [0.4, 0.5) is 0 Å². The van der Waals surface area contributed by atoms with Gasteiger partial charge in [-0.1, -0.05) is 55.5 Å². The molecule has 0 amide bonds. The van der Waals surface area contributed by atoms with Crippen molar-refractivity contribution < 1.29 is 0 Å². The highest BCUT2D eigenvalue weighted by Crippen LogP contribution is 2.37. The minimum absolute atomic E-state index is 0.552. The molecular weight excluding hydrogens is 274 g/mol. The second kappa shape index (κ2) is 7.78. The van der Waals surface area contributed by atoms with E-state index in [4.69, 9.17) is 0 Å². The molecule has 0 aromatic rings. The molecule has 1 rings (SSSR count). The summed E-state index contributed by atoms with van der Waals surface area (Å²) in [7, 11) is 0. The molecule has 1 saturated carbocycles. The van der Waals surface area contributed by atoms with E-state index in [9.17, 15) is 0 Å². The van der Waals surface area contributed by atoms with Crippen LogP contribution in [0.5, 0.6) is 0 Å². The number of halogens is 1. The fourth-order valence-electron chi connectivity index (χ4n) is 3.08. The lowest BCUT2D eigenvalue weighted by molar-refractivity contribution is 0.120. The highest BCUT2D eigenvalue weighted by molar-refractivity contribution is 9.09. The average molecular weight is 304 g/mol. The van der Waals surface area contributed by atoms with Crippen LogP contribution in [0.25, 0.3) is 0 Å². The van der Waals surface area contributed by atoms with Gasteiger partial charge < -0.3 is 4.90 Å². The summed E-state index contributed by atoms with van der Waals surface area (Å²) in [5.74, 6) is 0. The Morgan fingerprint density at radius 3 is 2.12 bits per heavy atom. The van der Waals surface area contributed by atoms with Crippen LogP contribution < -0.4 is 0 Å². The molecule has 0 aromatic carbocycles. The zero-order valence-corrected chi connectivity index (χ0v) is 13.6. The summed E-state index contributed by atoms with van der Waals surface area (Å²) in [5, 5.41) is 1.19. The Labute approximate surface area is 116 Å². The molecule has 0 aromatic heterocycles. The molecule has 0 heterocycles. The SMILES string of the molecule is CCC(C)N(CC)CC1(CBr)CCCCCC1. The summed E-state index contributed by atoms with van der Waals surface area (Å²) in [6.07, 6.45) is 9.88. The molecule has 1 unspecified atom stereocenters. The lowest BCUT2D eigenvalue weighted by Crippen LogP contribution is -2.43. The van der Waals surface area contributed by atoms with Crippen molar-refractivity contribution in [1.29, 1.82) is 0 Å². The minimum atomic E-state index is 0.552. The molecular formula is C15H30BrN. The van der Waals surface area contributed by atoms with Crippen LogP contribution in [0.3, 0.4) is 0 Å². The normalized spacial score (nSPS) is 22.4. The smallest absolute Gasteiger partial charge is 0.0100 e. The Hall–Kier alpha value is 0.440. The summed E-state index contributed by atoms with van der Waals surface area (Å²) >= 11 is 3.80. The zero-order chi connectivity index (χ0) is 12.7. The van der Waals surface area contributed by atoms with E-state index in [0.29, 0.717) is 5.41 Å². The van der Waals surface area contributed by atoms with Crippen molar-refractivity contribution >= 4 is 15.9 Å². The van der Waals surface area contributed by atoms with Crippen molar-refractivity contribution in [2.24, 2.45) is 5.41 Å². The quantitative estimate of drug-likeness (QED) is 0.501. The van der Waals surface area contributed by atoms with Crippen LogP contribution >= 0.6 is 15.9 Å². The fourth-order valence-corrected chi connectivity index (χ4v) is 3.82. The molecule has 0 N–H and O–H groups in total. The van der Waals surface area contributed by atoms with Crippen molar-refractivity contribution in [3.8, 4) is 0 Å². The van der Waals surface area contributed by atoms with Crippen LogP contribution in [-0.4, -0.2) is 29.4 Å². The molecule has 0 radical (unpaired) electrons. The zero-order valence-electron chi connectivity index (χ0n) is 12.0. The number of rotatable bonds is 6. The van der Waals surface area contributed by atoms with Gasteiger partial charge in [0.2, 0.25) is 0 Å². The Kier molecular flexibility index (Phi) is 7.10. The molecule has 1 aliphatic carbocycles. The van der Waals surface area contributed by atoms with E-state index in [0.717, 1.165) is 6.04 Å². The van der Waals surface area contributed by atoms with E-state index in [1.54, 1.807) is 0 Å². The first-order valence-corrected chi connectivity index (χ1v) is 8.59. The maximum atomic E-state index is 3.80. The van der Waals surface area contributed by atoms with E-state index >= 15 is 0 Å². The molecule has 0 bridgehead atoms. The number of hydrogen-bond acceptors (Lipinski definition) is 1. The predicted molar refractivity (Wildman–Crippen MR) is 80.9 cm³/mol. The molecule has 1 atom stereocenters. The fraction of sp³-hybridized carbons (Fsp3) is 1.00. The van der Waals surface area contributed by atoms with Crippen LogP contribution in [0.1, 0.15) is 65.7 Å². The molecule has 1 nitrogen and oxygen atoms in total. The number of hydrogen-bond donors (Lipinski definition) is 0. The van der Waals surface area contributed by atoms with Gasteiger partial charge in [-0.2, -0.15) is 0 Å². The molecule has 2 heteroatoms. The highest BCUT2D eigenvalue weighted by Gasteiger charge is 2.32. The van der Waals surface area contributed by atoms with Crippen molar-refractivity contribution in [2.45, 2.75) is 71.8 Å². The second-order valence-corrected chi connectivity index (χ2v) is 6.43. The van der Waals surface area contributed by atoms with Gasteiger partial charge in [0, 0.05) is 17.9 Å². The van der Waals surface area contributed by atoms with Crippen molar-refractivity contribution in [3.63, 3.8) is 0 Å². The van der Waals surface area contributed by atoms with Crippen LogP contribution in [0.15, 0.2) is 0 Å². The summed E-state index contributed by atoms with van der Waals surface area (Å²) in [4.78, 5) is 2.69. The topological polar surface area (TPSA) is 3.24 Å². The summed E-state index contributed by atoms with van der Waals surface area (Å²) in [5.41, 5.74) is 0.552. The second-order valence-electron chi connectivity index (χ2n) is 5.87. The van der Waals surface area contributed by atoms with Gasteiger partial charge in [0.25, 0.3) is 0 Å². The third-order valence-corrected chi connectivity index (χ3v) is 5.80. The first kappa shape index (κ1) is 15.5. The third kappa shape index (κ3) is 4.55. The van der Waals surface area contributed by atoms with E-state index in [2.05, 4.69) is 41.6 Å². The van der Waals surface area contributed by atoms with Crippen LogP contribution in [0, 0.1) is 5.41 Å². The van der Waals surface area contributed by atoms with Gasteiger partial charge in [-0.15, -0.1) is 0 Å². The average Bonchev–Trinajstić information content (AvgIpc) is 2.61. The van der Waals surface area contributed by atoms with Crippen LogP contribution in [0.2, 0.25) is 0 Å². The first-order chi connectivity index (χ1) is 8.17. The molecule has 1 fully saturated rings. The van der Waals surface area contributed by atoms with Gasteiger partial charge in [-0.3, -0.25) is 0 Å². The predicted octanol–water partition coefficient (Wildman–Crippen LogP) is 4.84. The maximum absolute atomic E-state index is 3.80. The lowest BCUT2D eigenvalue weighted by atomic mass is 9.81. The standard InChI is InChI=1S/C15H30BrN/c1-4-14(3)17(5-2)13-15(12-16)10-8-6-7-9-11-15/h14H,4-13H2,1-3H3. The van der Waals surface area contributed by atoms with Gasteiger partial charge in [-0.25, -0.2) is 0 Å². The number of nitrogens with zero attached hydrogens (tertiary/aromatic N) is 1. The molecule has 0 aliphatic heterocycles. The Morgan fingerprint density at radius 2 is 1.71 bits per heavy atom. The molecule has 0 saturated heterocycles. The summed E-state index contributed by atoms with van der Waals surface area (Å²) in [6, 6.07) is 0.735. The molecule has 0 spiro atoms. The Bertz CT molecular complexity index is 197. The van der Waals surface area contributed by atoms with E-state index < -0.39 is 0 Å². The van der Waals surface area contributed by atoms with E-state index in [-0.39, 0.29) is 0 Å². The van der Waals surface area contributed by atoms with Gasteiger partial charge >= 0.3 is 0 Å². The van der Waals surface area contributed by atoms with Crippen molar-refractivity contribution in [1.82, 2.24) is 4.90 Å². The van der Waals surface area contributed by atoms with Gasteiger partial charge in [0.05, 0.1) is 0 Å². The Morgan fingerprint density at radius 1 is 1.12 bits per heavy atom. The minimum Gasteiger partial charge on any atom is -0.300 e. The largest absolute Gasteiger partial charge is 0.300 e. The van der Waals surface area contributed by atoms with Crippen molar-refractivity contribution in [2.75, 3.05) is 18.4 Å². The van der Waals surface area contributed by atoms with Crippen molar-refractivity contribution in [3.05, 3.63) is 0 Å². The Balaban J connectivity index is 2.64.